The second-order valence-corrected chi connectivity index (χ2v) is 21.7. The van der Waals surface area contributed by atoms with Crippen LogP contribution in [0.25, 0.3) is 0 Å². The molecule has 2 atom stereocenters. The summed E-state index contributed by atoms with van der Waals surface area (Å²) in [6, 6.07) is 32.7. The maximum Gasteiger partial charge on any atom is 0.246 e. The highest BCUT2D eigenvalue weighted by atomic mass is 31.1. The van der Waals surface area contributed by atoms with E-state index >= 15 is 0 Å². The van der Waals surface area contributed by atoms with Crippen molar-refractivity contribution < 1.29 is 18.9 Å². The number of aryl methyl sites for hydroxylation is 8. The van der Waals surface area contributed by atoms with Crippen molar-refractivity contribution in [3.63, 3.8) is 0 Å². The molecule has 4 nitrogen and oxygen atoms in total. The Hall–Kier alpha value is -4.36. The summed E-state index contributed by atoms with van der Waals surface area (Å²) in [7, 11) is -2.06. The van der Waals surface area contributed by atoms with Gasteiger partial charge in [-0.2, -0.15) is 0 Å². The van der Waals surface area contributed by atoms with E-state index in [-0.39, 0.29) is 11.6 Å². The van der Waals surface area contributed by atoms with Crippen LogP contribution in [0, 0.1) is 55.4 Å². The Kier molecular flexibility index (Phi) is 9.79. The smallest absolute Gasteiger partial charge is 0.246 e. The van der Waals surface area contributed by atoms with E-state index in [4.69, 9.17) is 18.9 Å². The Morgan fingerprint density at radius 3 is 1.38 bits per heavy atom. The van der Waals surface area contributed by atoms with Gasteiger partial charge < -0.3 is 18.9 Å². The van der Waals surface area contributed by atoms with E-state index in [2.05, 4.69) is 152 Å². The minimum atomic E-state index is -1.07. The molecule has 0 aromatic heterocycles. The van der Waals surface area contributed by atoms with Gasteiger partial charge in [-0.25, -0.2) is 0 Å². The fraction of sp³-hybridized carbons (Fsp3) is 0.320. The molecule has 0 bridgehead atoms. The molecule has 6 heteroatoms. The lowest BCUT2D eigenvalue weighted by Gasteiger charge is -2.38. The second-order valence-electron chi connectivity index (χ2n) is 17.2. The van der Waals surface area contributed by atoms with E-state index in [9.17, 15) is 0 Å². The van der Waals surface area contributed by atoms with E-state index < -0.39 is 27.4 Å². The van der Waals surface area contributed by atoms with Gasteiger partial charge in [-0.3, -0.25) is 0 Å². The molecular weight excluding hydrogens is 726 g/mol. The SMILES string of the molecule is Cc1cc(C)cc(P(c2cc(C)cc(C)c2)c2ccc3c(c2[C@H]2C4=C(C=CC2P(c2cc(C)cc(C)c2)c2cc(C)cc(C)c2)OC(C)(C)O4)OC(C)(C)O3)c1. The molecule has 3 aliphatic rings. The van der Waals surface area contributed by atoms with Crippen LogP contribution in [0.1, 0.15) is 83.7 Å². The van der Waals surface area contributed by atoms with Gasteiger partial charge in [-0.1, -0.05) is 123 Å². The van der Waals surface area contributed by atoms with Crippen molar-refractivity contribution in [2.75, 3.05) is 0 Å². The predicted molar refractivity (Wildman–Crippen MR) is 236 cm³/mol. The third kappa shape index (κ3) is 7.44. The van der Waals surface area contributed by atoms with Crippen molar-refractivity contribution in [1.29, 1.82) is 0 Å². The summed E-state index contributed by atoms with van der Waals surface area (Å²) in [4.78, 5) is 0. The fourth-order valence-electron chi connectivity index (χ4n) is 9.01. The first-order valence-electron chi connectivity index (χ1n) is 19.7. The summed E-state index contributed by atoms with van der Waals surface area (Å²) in [5, 5.41) is 6.57. The first-order chi connectivity index (χ1) is 26.4. The summed E-state index contributed by atoms with van der Waals surface area (Å²) in [6.45, 7) is 25.7. The Balaban J connectivity index is 1.47. The van der Waals surface area contributed by atoms with Crippen LogP contribution in [-0.2, 0) is 9.47 Å². The summed E-state index contributed by atoms with van der Waals surface area (Å²) >= 11 is 0. The van der Waals surface area contributed by atoms with Crippen LogP contribution in [0.3, 0.4) is 0 Å². The zero-order chi connectivity index (χ0) is 39.8. The summed E-state index contributed by atoms with van der Waals surface area (Å²) < 4.78 is 27.3. The standard InChI is InChI=1S/C50H54O4P2/c1-29-17-30(2)22-37(21-29)55(38-23-31(3)18-32(4)24-38)43-15-13-41-47(53-49(9,10)51-41)45(43)46-44(16-14-42-48(46)54-50(11,12)52-42)56(39-25-33(5)19-34(6)26-39)40-27-35(7)20-36(8)28-40/h13-28,43,45H,1-12H3/t43?,45-/m0/s1. The molecule has 56 heavy (non-hydrogen) atoms. The molecule has 0 saturated carbocycles. The molecule has 2 heterocycles. The lowest BCUT2D eigenvalue weighted by molar-refractivity contribution is -0.122. The topological polar surface area (TPSA) is 36.9 Å². The lowest BCUT2D eigenvalue weighted by atomic mass is 9.88. The predicted octanol–water partition coefficient (Wildman–Crippen LogP) is 10.6. The molecule has 5 aromatic carbocycles. The highest BCUT2D eigenvalue weighted by Crippen LogP contribution is 2.59. The highest BCUT2D eigenvalue weighted by molar-refractivity contribution is 7.80. The number of rotatable bonds is 7. The van der Waals surface area contributed by atoms with E-state index in [1.165, 1.54) is 71.0 Å². The number of ether oxygens (including phenoxy) is 4. The maximum atomic E-state index is 7.03. The minimum absolute atomic E-state index is 0.00319. The molecule has 1 aliphatic carbocycles. The average molecular weight is 781 g/mol. The Bertz CT molecular complexity index is 2270. The van der Waals surface area contributed by atoms with Crippen LogP contribution in [0.5, 0.6) is 11.5 Å². The number of hydrogen-bond acceptors (Lipinski definition) is 4. The molecular formula is C50H54O4P2. The first-order valence-corrected chi connectivity index (χ1v) is 22.5. The van der Waals surface area contributed by atoms with E-state index in [1.54, 1.807) is 0 Å². The number of fused-ring (bicyclic) bond motifs is 1. The largest absolute Gasteiger partial charge is 0.453 e. The van der Waals surface area contributed by atoms with Crippen LogP contribution in [0.15, 0.2) is 109 Å². The molecule has 0 spiro atoms. The molecule has 0 N–H and O–H groups in total. The minimum Gasteiger partial charge on any atom is -0.453 e. The Morgan fingerprint density at radius 1 is 0.482 bits per heavy atom. The lowest BCUT2D eigenvalue weighted by Crippen LogP contribution is -2.35. The van der Waals surface area contributed by atoms with Gasteiger partial charge in [-0.15, -0.1) is 0 Å². The first kappa shape index (κ1) is 38.5. The van der Waals surface area contributed by atoms with Crippen molar-refractivity contribution in [2.24, 2.45) is 0 Å². The molecule has 0 saturated heterocycles. The van der Waals surface area contributed by atoms with Gasteiger partial charge in [0.25, 0.3) is 0 Å². The maximum absolute atomic E-state index is 7.03. The molecule has 0 amide bonds. The molecule has 2 aliphatic heterocycles. The number of allylic oxidation sites excluding steroid dienone is 3. The molecule has 1 unspecified atom stereocenters. The summed E-state index contributed by atoms with van der Waals surface area (Å²) in [6.07, 6.45) is 4.59. The van der Waals surface area contributed by atoms with Crippen molar-refractivity contribution >= 4 is 42.4 Å². The molecule has 0 fully saturated rings. The monoisotopic (exact) mass is 780 g/mol. The van der Waals surface area contributed by atoms with Crippen molar-refractivity contribution in [2.45, 2.75) is 106 Å². The number of benzene rings is 5. The van der Waals surface area contributed by atoms with Gasteiger partial charge in [0.1, 0.15) is 0 Å². The van der Waals surface area contributed by atoms with Crippen molar-refractivity contribution in [1.82, 2.24) is 0 Å². The highest BCUT2D eigenvalue weighted by Gasteiger charge is 2.49. The van der Waals surface area contributed by atoms with Gasteiger partial charge in [-0.05, 0) is 116 Å². The third-order valence-electron chi connectivity index (χ3n) is 10.6. The van der Waals surface area contributed by atoms with Crippen LogP contribution < -0.4 is 36.0 Å². The van der Waals surface area contributed by atoms with Gasteiger partial charge in [0.05, 0.1) is 5.92 Å². The Labute approximate surface area is 336 Å². The van der Waals surface area contributed by atoms with E-state index in [0.29, 0.717) is 0 Å². The van der Waals surface area contributed by atoms with Crippen molar-refractivity contribution in [3.8, 4) is 11.5 Å². The van der Waals surface area contributed by atoms with Crippen LogP contribution in [0.2, 0.25) is 0 Å². The van der Waals surface area contributed by atoms with Crippen LogP contribution in [-0.4, -0.2) is 17.2 Å². The molecule has 5 aromatic rings. The normalized spacial score (nSPS) is 19.0. The average Bonchev–Trinajstić information content (AvgIpc) is 3.56. The second kappa shape index (κ2) is 14.2. The quantitative estimate of drug-likeness (QED) is 0.154. The zero-order valence-corrected chi connectivity index (χ0v) is 36.7. The van der Waals surface area contributed by atoms with Gasteiger partial charge in [0.2, 0.25) is 11.6 Å². The van der Waals surface area contributed by atoms with Crippen molar-refractivity contribution in [3.05, 3.63) is 159 Å². The van der Waals surface area contributed by atoms with E-state index in [0.717, 1.165) is 28.6 Å². The summed E-state index contributed by atoms with van der Waals surface area (Å²) in [5.41, 5.74) is 11.2. The van der Waals surface area contributed by atoms with Crippen LogP contribution in [0.4, 0.5) is 0 Å². The fourth-order valence-corrected chi connectivity index (χ4v) is 15.1. The Morgan fingerprint density at radius 2 is 0.911 bits per heavy atom. The van der Waals surface area contributed by atoms with Crippen LogP contribution >= 0.6 is 15.8 Å². The zero-order valence-electron chi connectivity index (χ0n) is 34.9. The third-order valence-corrected chi connectivity index (χ3v) is 15.7. The molecule has 288 valence electrons. The van der Waals surface area contributed by atoms with Gasteiger partial charge >= 0.3 is 0 Å². The summed E-state index contributed by atoms with van der Waals surface area (Å²) in [5.74, 6) is 1.31. The van der Waals surface area contributed by atoms with Gasteiger partial charge in [0.15, 0.2) is 23.0 Å². The van der Waals surface area contributed by atoms with Gasteiger partial charge in [0, 0.05) is 38.9 Å². The number of hydrogen-bond donors (Lipinski definition) is 0. The molecule has 8 rings (SSSR count). The molecule has 0 radical (unpaired) electrons. The van der Waals surface area contributed by atoms with E-state index in [1.807, 2.05) is 27.7 Å².